The van der Waals surface area contributed by atoms with Gasteiger partial charge in [-0.25, -0.2) is 0 Å². The normalized spacial score (nSPS) is 11.5. The van der Waals surface area contributed by atoms with E-state index in [1.165, 1.54) is 39.2 Å². The molecule has 0 atom stereocenters. The molecular formula is C30H38N2. The van der Waals surface area contributed by atoms with Gasteiger partial charge in [0.05, 0.1) is 0 Å². The first kappa shape index (κ1) is 23.7. The van der Waals surface area contributed by atoms with E-state index in [2.05, 4.69) is 123 Å². The van der Waals surface area contributed by atoms with Crippen LogP contribution in [0, 0.1) is 6.92 Å². The molecule has 3 rings (SSSR count). The molecule has 0 spiro atoms. The zero-order chi connectivity index (χ0) is 22.9. The van der Waals surface area contributed by atoms with Crippen molar-refractivity contribution < 1.29 is 0 Å². The Labute approximate surface area is 195 Å². The third kappa shape index (κ3) is 5.82. The van der Waals surface area contributed by atoms with E-state index in [1.54, 1.807) is 0 Å². The molecule has 0 fully saturated rings. The van der Waals surface area contributed by atoms with E-state index in [4.69, 9.17) is 0 Å². The van der Waals surface area contributed by atoms with E-state index in [0.29, 0.717) is 0 Å². The van der Waals surface area contributed by atoms with Gasteiger partial charge in [0.25, 0.3) is 0 Å². The number of rotatable bonds is 10. The van der Waals surface area contributed by atoms with Gasteiger partial charge in [-0.15, -0.1) is 0 Å². The van der Waals surface area contributed by atoms with Gasteiger partial charge in [-0.3, -0.25) is 0 Å². The van der Waals surface area contributed by atoms with E-state index >= 15 is 0 Å². The molecule has 0 aliphatic carbocycles. The van der Waals surface area contributed by atoms with Crippen molar-refractivity contribution in [1.82, 2.24) is 0 Å². The van der Waals surface area contributed by atoms with E-state index < -0.39 is 0 Å². The van der Waals surface area contributed by atoms with Crippen LogP contribution in [0.5, 0.6) is 0 Å². The lowest BCUT2D eigenvalue weighted by Gasteiger charge is -2.21. The summed E-state index contributed by atoms with van der Waals surface area (Å²) in [6.45, 7) is 15.1. The summed E-state index contributed by atoms with van der Waals surface area (Å²) in [4.78, 5) is 4.77. The van der Waals surface area contributed by atoms with Gasteiger partial charge in [0.15, 0.2) is 0 Å². The number of hydrogen-bond acceptors (Lipinski definition) is 2. The monoisotopic (exact) mass is 426 g/mol. The van der Waals surface area contributed by atoms with Crippen LogP contribution in [0.15, 0.2) is 78.9 Å². The first-order valence-electron chi connectivity index (χ1n) is 12.1. The maximum Gasteiger partial charge on any atom is 0.0366 e. The van der Waals surface area contributed by atoms with Gasteiger partial charge in [-0.1, -0.05) is 60.2 Å². The third-order valence-corrected chi connectivity index (χ3v) is 6.28. The molecule has 0 unspecified atom stereocenters. The van der Waals surface area contributed by atoms with Crippen LogP contribution in [0.4, 0.5) is 11.4 Å². The summed E-state index contributed by atoms with van der Waals surface area (Å²) in [5.74, 6) is 0. The molecule has 3 aromatic rings. The summed E-state index contributed by atoms with van der Waals surface area (Å²) in [6, 6.07) is 26.9. The Morgan fingerprint density at radius 2 is 1.00 bits per heavy atom. The van der Waals surface area contributed by atoms with Crippen molar-refractivity contribution in [2.75, 3.05) is 36.0 Å². The van der Waals surface area contributed by atoms with Crippen LogP contribution in [0.2, 0.25) is 0 Å². The van der Waals surface area contributed by atoms with Crippen LogP contribution in [-0.4, -0.2) is 26.2 Å². The van der Waals surface area contributed by atoms with Crippen molar-refractivity contribution in [3.8, 4) is 0 Å². The minimum absolute atomic E-state index is 0.916. The van der Waals surface area contributed by atoms with Crippen molar-refractivity contribution in [1.29, 1.82) is 0 Å². The maximum absolute atomic E-state index is 2.39. The predicted molar refractivity (Wildman–Crippen MR) is 142 cm³/mol. The molecule has 0 bridgehead atoms. The summed E-state index contributed by atoms with van der Waals surface area (Å²) in [5.41, 5.74) is 9.05. The minimum Gasteiger partial charge on any atom is -0.372 e. The quantitative estimate of drug-likeness (QED) is 0.334. The molecule has 32 heavy (non-hydrogen) atoms. The largest absolute Gasteiger partial charge is 0.372 e. The van der Waals surface area contributed by atoms with Gasteiger partial charge >= 0.3 is 0 Å². The third-order valence-electron chi connectivity index (χ3n) is 6.28. The fourth-order valence-electron chi connectivity index (χ4n) is 4.23. The molecule has 0 N–H and O–H groups in total. The Bertz CT molecular complexity index is 975. The fourth-order valence-corrected chi connectivity index (χ4v) is 4.23. The molecule has 0 amide bonds. The van der Waals surface area contributed by atoms with E-state index in [0.717, 1.165) is 32.6 Å². The van der Waals surface area contributed by atoms with Crippen molar-refractivity contribution in [3.05, 3.63) is 101 Å². The molecule has 0 saturated carbocycles. The molecule has 0 saturated heterocycles. The average molecular weight is 427 g/mol. The van der Waals surface area contributed by atoms with Crippen LogP contribution in [0.3, 0.4) is 0 Å². The first-order valence-corrected chi connectivity index (χ1v) is 12.1. The maximum atomic E-state index is 2.39. The van der Waals surface area contributed by atoms with Crippen molar-refractivity contribution in [2.45, 2.75) is 41.0 Å². The van der Waals surface area contributed by atoms with E-state index in [9.17, 15) is 0 Å². The number of hydrogen-bond donors (Lipinski definition) is 0. The molecule has 2 nitrogen and oxygen atoms in total. The summed E-state index contributed by atoms with van der Waals surface area (Å²) in [6.07, 6.45) is 3.29. The van der Waals surface area contributed by atoms with Gasteiger partial charge < -0.3 is 9.80 Å². The van der Waals surface area contributed by atoms with Crippen molar-refractivity contribution >= 4 is 16.9 Å². The van der Waals surface area contributed by atoms with E-state index in [1.807, 2.05) is 0 Å². The highest BCUT2D eigenvalue weighted by Gasteiger charge is 2.08. The smallest absolute Gasteiger partial charge is 0.0366 e. The summed E-state index contributed by atoms with van der Waals surface area (Å²) in [5, 5.41) is 0. The lowest BCUT2D eigenvalue weighted by atomic mass is 9.95. The van der Waals surface area contributed by atoms with Gasteiger partial charge in [-0.2, -0.15) is 0 Å². The molecule has 168 valence electrons. The topological polar surface area (TPSA) is 6.48 Å². The molecule has 0 heterocycles. The van der Waals surface area contributed by atoms with Gasteiger partial charge in [0.2, 0.25) is 0 Å². The van der Waals surface area contributed by atoms with Crippen LogP contribution in [0.1, 0.15) is 49.9 Å². The Balaban J connectivity index is 1.89. The summed E-state index contributed by atoms with van der Waals surface area (Å²) < 4.78 is 0. The van der Waals surface area contributed by atoms with Gasteiger partial charge in [0.1, 0.15) is 0 Å². The Morgan fingerprint density at radius 1 is 0.594 bits per heavy atom. The first-order chi connectivity index (χ1) is 15.6. The highest BCUT2D eigenvalue weighted by molar-refractivity contribution is 5.80. The molecule has 0 aliphatic rings. The molecular weight excluding hydrogens is 388 g/mol. The highest BCUT2D eigenvalue weighted by Crippen LogP contribution is 2.27. The van der Waals surface area contributed by atoms with Crippen LogP contribution < -0.4 is 9.80 Å². The second kappa shape index (κ2) is 11.6. The lowest BCUT2D eigenvalue weighted by molar-refractivity contribution is 0.866. The van der Waals surface area contributed by atoms with Crippen LogP contribution in [0.25, 0.3) is 5.57 Å². The minimum atomic E-state index is 0.916. The van der Waals surface area contributed by atoms with E-state index in [-0.39, 0.29) is 0 Å². The van der Waals surface area contributed by atoms with Crippen molar-refractivity contribution in [2.24, 2.45) is 0 Å². The predicted octanol–water partition coefficient (Wildman–Crippen LogP) is 7.36. The second-order valence-electron chi connectivity index (χ2n) is 8.25. The highest BCUT2D eigenvalue weighted by atomic mass is 15.1. The van der Waals surface area contributed by atoms with Gasteiger partial charge in [-0.05, 0) is 87.6 Å². The van der Waals surface area contributed by atoms with Crippen LogP contribution >= 0.6 is 0 Å². The lowest BCUT2D eigenvalue weighted by Crippen LogP contribution is -2.21. The zero-order valence-corrected chi connectivity index (χ0v) is 20.4. The molecule has 3 aromatic carbocycles. The summed E-state index contributed by atoms with van der Waals surface area (Å²) in [7, 11) is 0. The molecule has 0 radical (unpaired) electrons. The number of anilines is 2. The molecule has 0 aliphatic heterocycles. The number of nitrogens with zero attached hydrogens (tertiary/aromatic N) is 2. The Morgan fingerprint density at radius 3 is 1.44 bits per heavy atom. The Hall–Kier alpha value is -3.00. The standard InChI is InChI=1S/C30H38N2/c1-6-31(7-2)28-19-12-25(13-20-28)14-23-30(26-15-10-24(5)11-16-26)27-17-21-29(22-18-27)32(8-3)9-4/h10-13,15-23H,6-9,14H2,1-5H3. The number of benzene rings is 3. The van der Waals surface area contributed by atoms with Crippen LogP contribution in [-0.2, 0) is 6.42 Å². The molecule has 0 aromatic heterocycles. The average Bonchev–Trinajstić information content (AvgIpc) is 2.83. The van der Waals surface area contributed by atoms with Gasteiger partial charge in [0, 0.05) is 37.6 Å². The second-order valence-corrected chi connectivity index (χ2v) is 8.25. The number of aryl methyl sites for hydroxylation is 1. The Kier molecular flexibility index (Phi) is 8.56. The molecule has 2 heteroatoms. The zero-order valence-electron chi connectivity index (χ0n) is 20.4. The van der Waals surface area contributed by atoms with Crippen molar-refractivity contribution in [3.63, 3.8) is 0 Å². The SMILES string of the molecule is CCN(CC)c1ccc(CC=C(c2ccc(C)cc2)c2ccc(N(CC)CC)cc2)cc1. The number of allylic oxidation sites excluding steroid dienone is 1. The summed E-state index contributed by atoms with van der Waals surface area (Å²) >= 11 is 0. The fraction of sp³-hybridized carbons (Fsp3) is 0.333.